The molecule has 0 heterocycles. The van der Waals surface area contributed by atoms with Gasteiger partial charge in [-0.15, -0.1) is 0 Å². The summed E-state index contributed by atoms with van der Waals surface area (Å²) in [5.41, 5.74) is 22.7. The standard InChI is InChI=1S/C5H8N2O5.C4H7NO4.C3H6N3O7P.H3O4P/c6-5(12)7-2(4(10)11)1-3(8)9;5-2(4(8)9)1-3(6)7;4-1(7)11-14(10,12-2(5)8)13-3(6)9;1-5(2,3)4/h2H,1H2,(H,8,9)(H,10,11)(H3,6,7,12);2H,1,5H2,(H,6,7)(H,8,9);(H2,4,7)(H2,5,8)(H2,6,9);(H3,1,2,3,4)/t2*2-;;/m00../s1. The molecule has 0 aliphatic heterocycles. The second-order valence-electron chi connectivity index (χ2n) is 5.73. The van der Waals surface area contributed by atoms with Crippen LogP contribution in [0.15, 0.2) is 0 Å². The fraction of sp³-hybridized carbons (Fsp3) is 0.333. The highest BCUT2D eigenvalue weighted by Gasteiger charge is 2.37. The minimum absolute atomic E-state index is 0.532. The summed E-state index contributed by atoms with van der Waals surface area (Å²) in [5.74, 6) is -5.25. The maximum absolute atomic E-state index is 11.1. The first-order chi connectivity index (χ1) is 17.7. The van der Waals surface area contributed by atoms with Gasteiger partial charge in [0.2, 0.25) is 0 Å². The molecule has 0 fully saturated rings. The van der Waals surface area contributed by atoms with Crippen molar-refractivity contribution >= 4 is 63.8 Å². The van der Waals surface area contributed by atoms with E-state index in [0.717, 1.165) is 0 Å². The van der Waals surface area contributed by atoms with E-state index in [1.165, 1.54) is 0 Å². The summed E-state index contributed by atoms with van der Waals surface area (Å²) in [6, 6.07) is -3.83. The van der Waals surface area contributed by atoms with Gasteiger partial charge in [-0.2, -0.15) is 4.57 Å². The second kappa shape index (κ2) is 20.3. The number of urea groups is 1. The number of nitrogens with one attached hydrogen (secondary N) is 1. The molecule has 0 bridgehead atoms. The molecule has 0 saturated heterocycles. The Labute approximate surface area is 219 Å². The Bertz CT molecular complexity index is 956. The summed E-state index contributed by atoms with van der Waals surface area (Å²) in [6.45, 7) is 0. The third-order valence-electron chi connectivity index (χ3n) is 2.31. The maximum atomic E-state index is 11.1. The van der Waals surface area contributed by atoms with Gasteiger partial charge in [0.05, 0.1) is 12.8 Å². The SMILES string of the molecule is NC(=O)N[C@@H](CC(=O)O)C(=O)O.NC(=O)OP(=O)(OC(N)=O)OC(N)=O.N[C@@H](CC(=O)O)C(=O)O.O=P(O)(O)O. The number of carbonyl (C=O) groups excluding carboxylic acids is 4. The molecule has 2 atom stereocenters. The Morgan fingerprint density at radius 3 is 1.10 bits per heavy atom. The van der Waals surface area contributed by atoms with Crippen molar-refractivity contribution < 1.29 is 96.2 Å². The summed E-state index contributed by atoms with van der Waals surface area (Å²) in [6.07, 6.45) is -6.03. The Balaban J connectivity index is -0.000000228. The van der Waals surface area contributed by atoms with Crippen LogP contribution in [-0.4, -0.2) is 95.4 Å². The lowest BCUT2D eigenvalue weighted by Crippen LogP contribution is -2.44. The first-order valence-electron chi connectivity index (χ1n) is 8.78. The van der Waals surface area contributed by atoms with Gasteiger partial charge < -0.3 is 82.7 Å². The summed E-state index contributed by atoms with van der Waals surface area (Å²) in [7, 11) is -9.45. The number of phosphoric acid groups is 2. The lowest BCUT2D eigenvalue weighted by Gasteiger charge is -2.11. The van der Waals surface area contributed by atoms with Gasteiger partial charge in [-0.05, 0) is 0 Å². The van der Waals surface area contributed by atoms with Crippen molar-refractivity contribution in [1.82, 2.24) is 5.32 Å². The van der Waals surface area contributed by atoms with E-state index >= 15 is 0 Å². The van der Waals surface area contributed by atoms with Crippen LogP contribution in [0.2, 0.25) is 0 Å². The van der Waals surface area contributed by atoms with Crippen LogP contribution in [0.5, 0.6) is 0 Å². The second-order valence-corrected chi connectivity index (χ2v) is 8.20. The van der Waals surface area contributed by atoms with Gasteiger partial charge in [-0.1, -0.05) is 0 Å². The number of primary amides is 4. The van der Waals surface area contributed by atoms with E-state index < -0.39 is 88.8 Å². The smallest absolute Gasteiger partial charge is 0.481 e. The van der Waals surface area contributed by atoms with E-state index in [1.807, 2.05) is 0 Å². The molecule has 0 aromatic rings. The molecule has 0 aromatic carbocycles. The molecular weight excluding hydrogens is 610 g/mol. The summed E-state index contributed by atoms with van der Waals surface area (Å²) < 4.78 is 31.1. The normalized spacial score (nSPS) is 11.3. The van der Waals surface area contributed by atoms with Crippen molar-refractivity contribution in [3.8, 4) is 0 Å². The first-order valence-corrected chi connectivity index (χ1v) is 11.8. The fourth-order valence-corrected chi connectivity index (χ4v) is 1.98. The molecular formula is C12H24N6O20P2. The van der Waals surface area contributed by atoms with Crippen molar-refractivity contribution in [3.63, 3.8) is 0 Å². The Hall–Kier alpha value is -4.74. The number of carboxylic acid groups (broad SMARTS) is 4. The summed E-state index contributed by atoms with van der Waals surface area (Å²) in [5, 5.41) is 34.3. The van der Waals surface area contributed by atoms with Crippen LogP contribution in [0.4, 0.5) is 19.2 Å². The van der Waals surface area contributed by atoms with Gasteiger partial charge in [0, 0.05) is 0 Å². The van der Waals surface area contributed by atoms with E-state index in [9.17, 15) is 42.9 Å². The van der Waals surface area contributed by atoms with E-state index in [2.05, 4.69) is 36.5 Å². The lowest BCUT2D eigenvalue weighted by atomic mass is 10.2. The van der Waals surface area contributed by atoms with Crippen molar-refractivity contribution in [1.29, 1.82) is 0 Å². The number of carbonyl (C=O) groups is 8. The molecule has 5 amide bonds. The lowest BCUT2D eigenvalue weighted by molar-refractivity contribution is -0.145. The van der Waals surface area contributed by atoms with E-state index in [4.69, 9.17) is 45.4 Å². The molecule has 0 aromatic heterocycles. The number of hydrogen-bond acceptors (Lipinski definition) is 14. The third-order valence-corrected chi connectivity index (χ3v) is 3.52. The summed E-state index contributed by atoms with van der Waals surface area (Å²) >= 11 is 0. The third kappa shape index (κ3) is 37.8. The van der Waals surface area contributed by atoms with Crippen molar-refractivity contribution in [2.75, 3.05) is 0 Å². The molecule has 0 spiro atoms. The number of aliphatic carboxylic acids is 4. The van der Waals surface area contributed by atoms with Crippen molar-refractivity contribution in [3.05, 3.63) is 0 Å². The zero-order valence-corrected chi connectivity index (χ0v) is 21.1. The Morgan fingerprint density at radius 1 is 0.650 bits per heavy atom. The molecule has 232 valence electrons. The fourth-order valence-electron chi connectivity index (χ4n) is 1.21. The molecule has 0 saturated carbocycles. The number of amides is 5. The van der Waals surface area contributed by atoms with Crippen LogP contribution in [0.25, 0.3) is 0 Å². The monoisotopic (exact) mass is 634 g/mol. The highest BCUT2D eigenvalue weighted by molar-refractivity contribution is 7.50. The van der Waals surface area contributed by atoms with Crippen LogP contribution >= 0.6 is 15.6 Å². The highest BCUT2D eigenvalue weighted by atomic mass is 31.2. The van der Waals surface area contributed by atoms with Crippen LogP contribution in [-0.2, 0) is 41.9 Å². The molecule has 40 heavy (non-hydrogen) atoms. The molecule has 0 aliphatic rings. The van der Waals surface area contributed by atoms with Gasteiger partial charge in [-0.3, -0.25) is 14.4 Å². The quantitative estimate of drug-likeness (QED) is 0.102. The Kier molecular flexibility index (Phi) is 21.4. The largest absolute Gasteiger partial charge is 0.657 e. The molecule has 28 heteroatoms. The molecule has 0 aliphatic carbocycles. The Morgan fingerprint density at radius 2 is 0.950 bits per heavy atom. The first kappa shape index (κ1) is 42.4. The number of phosphoric ester groups is 1. The summed E-state index contributed by atoms with van der Waals surface area (Å²) in [4.78, 5) is 102. The number of rotatable bonds is 10. The van der Waals surface area contributed by atoms with Crippen LogP contribution in [0.3, 0.4) is 0 Å². The van der Waals surface area contributed by atoms with E-state index in [-0.39, 0.29) is 0 Å². The molecule has 0 unspecified atom stereocenters. The number of carboxylic acids is 4. The van der Waals surface area contributed by atoms with Crippen LogP contribution in [0, 0.1) is 0 Å². The number of hydrogen-bond donors (Lipinski definition) is 13. The van der Waals surface area contributed by atoms with Gasteiger partial charge in [0.15, 0.2) is 0 Å². The predicted molar refractivity (Wildman–Crippen MR) is 118 cm³/mol. The van der Waals surface area contributed by atoms with Crippen LogP contribution < -0.4 is 34.0 Å². The minimum atomic E-state index is -4.81. The molecule has 26 nitrogen and oxygen atoms in total. The predicted octanol–water partition coefficient (Wildman–Crippen LogP) is -4.09. The maximum Gasteiger partial charge on any atom is 0.657 e. The van der Waals surface area contributed by atoms with Gasteiger partial charge >= 0.3 is 63.8 Å². The van der Waals surface area contributed by atoms with Gasteiger partial charge in [-0.25, -0.2) is 28.5 Å². The zero-order chi connectivity index (χ0) is 33.0. The zero-order valence-electron chi connectivity index (χ0n) is 19.3. The molecule has 18 N–H and O–H groups in total. The average molecular weight is 634 g/mol. The van der Waals surface area contributed by atoms with E-state index in [0.29, 0.717) is 0 Å². The number of nitrogens with two attached hydrogens (primary N) is 5. The highest BCUT2D eigenvalue weighted by Crippen LogP contribution is 2.49. The topological polar surface area (TPSA) is 482 Å². The molecule has 0 radical (unpaired) electrons. The van der Waals surface area contributed by atoms with Crippen LogP contribution in [0.1, 0.15) is 12.8 Å². The van der Waals surface area contributed by atoms with Gasteiger partial charge in [0.25, 0.3) is 0 Å². The minimum Gasteiger partial charge on any atom is -0.481 e. The van der Waals surface area contributed by atoms with Gasteiger partial charge in [0.1, 0.15) is 12.1 Å². The van der Waals surface area contributed by atoms with Crippen molar-refractivity contribution in [2.24, 2.45) is 28.7 Å². The average Bonchev–Trinajstić information content (AvgIpc) is 2.63. The van der Waals surface area contributed by atoms with E-state index in [1.54, 1.807) is 5.32 Å². The van der Waals surface area contributed by atoms with Crippen molar-refractivity contribution in [2.45, 2.75) is 24.9 Å². The molecule has 0 rings (SSSR count).